The molecule has 0 saturated carbocycles. The summed E-state index contributed by atoms with van der Waals surface area (Å²) in [6, 6.07) is 8.80. The van der Waals surface area contributed by atoms with Crippen LogP contribution in [0.2, 0.25) is 5.02 Å². The van der Waals surface area contributed by atoms with Crippen molar-refractivity contribution in [1.29, 1.82) is 0 Å². The smallest absolute Gasteiger partial charge is 0.282 e. The highest BCUT2D eigenvalue weighted by atomic mass is 79.9. The minimum absolute atomic E-state index is 0.0498. The van der Waals surface area contributed by atoms with E-state index in [2.05, 4.69) is 21.0 Å². The van der Waals surface area contributed by atoms with Crippen LogP contribution in [0.25, 0.3) is 10.9 Å². The highest BCUT2D eigenvalue weighted by Crippen LogP contribution is 2.32. The number of methoxy groups -OCH3 is 2. The van der Waals surface area contributed by atoms with Crippen LogP contribution in [0.15, 0.2) is 44.7 Å². The van der Waals surface area contributed by atoms with Crippen molar-refractivity contribution in [2.45, 2.75) is 26.2 Å². The van der Waals surface area contributed by atoms with E-state index >= 15 is 0 Å². The molecule has 3 rings (SSSR count). The minimum Gasteiger partial charge on any atom is -0.493 e. The van der Waals surface area contributed by atoms with Crippen LogP contribution in [0.4, 0.5) is 0 Å². The molecule has 0 unspecified atom stereocenters. The lowest BCUT2D eigenvalue weighted by Gasteiger charge is -2.14. The first-order valence-corrected chi connectivity index (χ1v) is 10.2. The molecular formula is C21H21BrClN3O3. The third-order valence-electron chi connectivity index (χ3n) is 4.70. The van der Waals surface area contributed by atoms with Gasteiger partial charge < -0.3 is 9.47 Å². The SMILES string of the molecule is CC[C@H](C)c1nc2ccc(Br)cc2c(=O)n1N=Cc1cc(OC)c(OC)cc1Cl. The minimum atomic E-state index is -0.237. The zero-order valence-corrected chi connectivity index (χ0v) is 18.9. The Labute approximate surface area is 182 Å². The van der Waals surface area contributed by atoms with Crippen molar-refractivity contribution in [2.75, 3.05) is 14.2 Å². The van der Waals surface area contributed by atoms with Gasteiger partial charge in [-0.2, -0.15) is 9.78 Å². The molecule has 0 N–H and O–H groups in total. The second-order valence-electron chi connectivity index (χ2n) is 6.53. The van der Waals surface area contributed by atoms with E-state index < -0.39 is 0 Å². The van der Waals surface area contributed by atoms with E-state index in [1.165, 1.54) is 10.9 Å². The van der Waals surface area contributed by atoms with Crippen LogP contribution in [0.3, 0.4) is 0 Å². The maximum absolute atomic E-state index is 13.2. The standard InChI is InChI=1S/C21H21BrClN3O3/c1-5-12(2)20-25-17-7-6-14(22)9-15(17)21(27)26(20)24-11-13-8-18(28-3)19(29-4)10-16(13)23/h6-12H,5H2,1-4H3/t12-/m0/s1. The summed E-state index contributed by atoms with van der Waals surface area (Å²) in [7, 11) is 3.09. The number of hydrogen-bond acceptors (Lipinski definition) is 5. The van der Waals surface area contributed by atoms with Crippen molar-refractivity contribution in [3.63, 3.8) is 0 Å². The molecule has 29 heavy (non-hydrogen) atoms. The van der Waals surface area contributed by atoms with Crippen LogP contribution in [-0.4, -0.2) is 30.1 Å². The fourth-order valence-electron chi connectivity index (χ4n) is 2.87. The van der Waals surface area contributed by atoms with Crippen LogP contribution >= 0.6 is 27.5 Å². The molecule has 0 saturated heterocycles. The number of rotatable bonds is 6. The first-order chi connectivity index (χ1) is 13.9. The fourth-order valence-corrected chi connectivity index (χ4v) is 3.43. The lowest BCUT2D eigenvalue weighted by molar-refractivity contribution is 0.355. The Kier molecular flexibility index (Phi) is 6.59. The molecule has 2 aromatic carbocycles. The van der Waals surface area contributed by atoms with E-state index in [1.807, 2.05) is 26.0 Å². The normalized spacial score (nSPS) is 12.5. The fraction of sp³-hybridized carbons (Fsp3) is 0.286. The average Bonchev–Trinajstić information content (AvgIpc) is 2.73. The molecule has 0 amide bonds. The van der Waals surface area contributed by atoms with Crippen LogP contribution in [0.5, 0.6) is 11.5 Å². The molecule has 1 atom stereocenters. The second kappa shape index (κ2) is 8.97. The number of ether oxygens (including phenoxy) is 2. The van der Waals surface area contributed by atoms with Gasteiger partial charge in [0.25, 0.3) is 5.56 Å². The third-order valence-corrected chi connectivity index (χ3v) is 5.52. The predicted molar refractivity (Wildman–Crippen MR) is 120 cm³/mol. The van der Waals surface area contributed by atoms with Gasteiger partial charge in [0, 0.05) is 22.0 Å². The maximum atomic E-state index is 13.2. The quantitative estimate of drug-likeness (QED) is 0.455. The molecule has 1 heterocycles. The number of benzene rings is 2. The predicted octanol–water partition coefficient (Wildman–Crippen LogP) is 5.23. The number of fused-ring (bicyclic) bond motifs is 1. The zero-order valence-electron chi connectivity index (χ0n) is 16.6. The Balaban J connectivity index is 2.19. The molecule has 0 aliphatic rings. The Morgan fingerprint density at radius 1 is 1.24 bits per heavy atom. The number of hydrogen-bond donors (Lipinski definition) is 0. The molecule has 1 aromatic heterocycles. The van der Waals surface area contributed by atoms with E-state index in [1.54, 1.807) is 32.4 Å². The van der Waals surface area contributed by atoms with Crippen molar-refractivity contribution < 1.29 is 9.47 Å². The molecule has 152 valence electrons. The molecule has 0 spiro atoms. The zero-order chi connectivity index (χ0) is 21.1. The lowest BCUT2D eigenvalue weighted by Crippen LogP contribution is -2.23. The molecule has 0 aliphatic heterocycles. The van der Waals surface area contributed by atoms with Gasteiger partial charge in [-0.25, -0.2) is 4.98 Å². The van der Waals surface area contributed by atoms with Gasteiger partial charge in [0.1, 0.15) is 5.82 Å². The molecule has 8 heteroatoms. The van der Waals surface area contributed by atoms with E-state index in [4.69, 9.17) is 26.1 Å². The molecule has 0 fully saturated rings. The summed E-state index contributed by atoms with van der Waals surface area (Å²) in [5, 5.41) is 5.36. The Morgan fingerprint density at radius 3 is 2.59 bits per heavy atom. The van der Waals surface area contributed by atoms with Gasteiger partial charge in [-0.1, -0.05) is 41.4 Å². The number of nitrogens with zero attached hydrogens (tertiary/aromatic N) is 3. The van der Waals surface area contributed by atoms with Gasteiger partial charge in [0.15, 0.2) is 11.5 Å². The Bertz CT molecular complexity index is 1140. The maximum Gasteiger partial charge on any atom is 0.282 e. The Hall–Kier alpha value is -2.38. The molecule has 3 aromatic rings. The monoisotopic (exact) mass is 477 g/mol. The number of halogens is 2. The number of aromatic nitrogens is 2. The highest BCUT2D eigenvalue weighted by molar-refractivity contribution is 9.10. The van der Waals surface area contributed by atoms with Gasteiger partial charge in [0.05, 0.1) is 36.4 Å². The highest BCUT2D eigenvalue weighted by Gasteiger charge is 2.16. The average molecular weight is 479 g/mol. The van der Waals surface area contributed by atoms with E-state index in [0.29, 0.717) is 38.8 Å². The van der Waals surface area contributed by atoms with Gasteiger partial charge in [-0.15, -0.1) is 0 Å². The van der Waals surface area contributed by atoms with Gasteiger partial charge in [0.2, 0.25) is 0 Å². The molecule has 6 nitrogen and oxygen atoms in total. The van der Waals surface area contributed by atoms with Gasteiger partial charge in [-0.3, -0.25) is 4.79 Å². The molecular weight excluding hydrogens is 458 g/mol. The Morgan fingerprint density at radius 2 is 1.93 bits per heavy atom. The van der Waals surface area contributed by atoms with Crippen LogP contribution in [0, 0.1) is 0 Å². The largest absolute Gasteiger partial charge is 0.493 e. The first-order valence-electron chi connectivity index (χ1n) is 9.07. The molecule has 0 radical (unpaired) electrons. The van der Waals surface area contributed by atoms with Crippen molar-refractivity contribution in [3.8, 4) is 11.5 Å². The lowest BCUT2D eigenvalue weighted by atomic mass is 10.1. The van der Waals surface area contributed by atoms with E-state index in [0.717, 1.165) is 10.9 Å². The van der Waals surface area contributed by atoms with Crippen LogP contribution < -0.4 is 15.0 Å². The van der Waals surface area contributed by atoms with E-state index in [-0.39, 0.29) is 11.5 Å². The summed E-state index contributed by atoms with van der Waals surface area (Å²) in [5.41, 5.74) is 1.00. The van der Waals surface area contributed by atoms with E-state index in [9.17, 15) is 4.79 Å². The van der Waals surface area contributed by atoms with Gasteiger partial charge in [-0.05, 0) is 30.7 Å². The van der Waals surface area contributed by atoms with Crippen LogP contribution in [0.1, 0.15) is 37.6 Å². The van der Waals surface area contributed by atoms with Crippen molar-refractivity contribution >= 4 is 44.6 Å². The second-order valence-corrected chi connectivity index (χ2v) is 7.85. The summed E-state index contributed by atoms with van der Waals surface area (Å²) >= 11 is 9.76. The molecule has 0 aliphatic carbocycles. The summed E-state index contributed by atoms with van der Waals surface area (Å²) in [6.07, 6.45) is 2.35. The van der Waals surface area contributed by atoms with Crippen LogP contribution in [-0.2, 0) is 0 Å². The summed E-state index contributed by atoms with van der Waals surface area (Å²) in [5.74, 6) is 1.69. The summed E-state index contributed by atoms with van der Waals surface area (Å²) in [6.45, 7) is 4.06. The van der Waals surface area contributed by atoms with Crippen molar-refractivity contribution in [3.05, 3.63) is 61.6 Å². The topological polar surface area (TPSA) is 65.7 Å². The first kappa shape index (κ1) is 21.3. The molecule has 0 bridgehead atoms. The van der Waals surface area contributed by atoms with Gasteiger partial charge >= 0.3 is 0 Å². The third kappa shape index (κ3) is 4.31. The van der Waals surface area contributed by atoms with Crippen molar-refractivity contribution in [2.24, 2.45) is 5.10 Å². The summed E-state index contributed by atoms with van der Waals surface area (Å²) < 4.78 is 12.7. The van der Waals surface area contributed by atoms with Crippen molar-refractivity contribution in [1.82, 2.24) is 9.66 Å². The summed E-state index contributed by atoms with van der Waals surface area (Å²) in [4.78, 5) is 17.9.